The lowest BCUT2D eigenvalue weighted by Gasteiger charge is -2.13. The lowest BCUT2D eigenvalue weighted by Crippen LogP contribution is -2.37. The largest absolute Gasteiger partial charge is 0.335 e. The summed E-state index contributed by atoms with van der Waals surface area (Å²) in [5.41, 5.74) is 6.16. The molecule has 2 amide bonds. The van der Waals surface area contributed by atoms with Crippen LogP contribution in [0.1, 0.15) is 13.3 Å². The smallest absolute Gasteiger partial charge is 0.319 e. The number of carbonyl (C=O) groups excluding carboxylic acids is 1. The molecule has 1 rings (SSSR count). The van der Waals surface area contributed by atoms with Gasteiger partial charge < -0.3 is 16.4 Å². The fraction of sp³-hybridized carbons (Fsp3) is 0.364. The Morgan fingerprint density at radius 2 is 2.06 bits per heavy atom. The predicted molar refractivity (Wildman–Crippen MR) is 69.4 cm³/mol. The summed E-state index contributed by atoms with van der Waals surface area (Å²) in [6, 6.07) is 7.29. The molecule has 4 N–H and O–H groups in total. The number of benzene rings is 1. The Morgan fingerprint density at radius 1 is 1.44 bits per heavy atom. The van der Waals surface area contributed by atoms with Crippen LogP contribution in [0.4, 0.5) is 10.5 Å². The van der Waals surface area contributed by atoms with E-state index in [9.17, 15) is 4.79 Å². The van der Waals surface area contributed by atoms with Gasteiger partial charge in [0.25, 0.3) is 0 Å². The van der Waals surface area contributed by atoms with E-state index < -0.39 is 0 Å². The zero-order valence-corrected chi connectivity index (χ0v) is 10.8. The quantitative estimate of drug-likeness (QED) is 0.795. The minimum Gasteiger partial charge on any atom is -0.335 e. The molecule has 0 bridgehead atoms. The Kier molecular flexibility index (Phi) is 5.28. The fourth-order valence-corrected chi connectivity index (χ4v) is 1.51. The minimum absolute atomic E-state index is 0.0837. The highest BCUT2D eigenvalue weighted by Gasteiger charge is 2.05. The number of carbonyl (C=O) groups is 1. The molecule has 0 aromatic heterocycles. The first-order valence-electron chi connectivity index (χ1n) is 5.15. The third-order valence-corrected chi connectivity index (χ3v) is 2.61. The number of rotatable bonds is 4. The number of urea groups is 1. The number of hydrogen-bond donors (Lipinski definition) is 3. The number of nitrogens with two attached hydrogens (primary N) is 1. The van der Waals surface area contributed by atoms with Crippen molar-refractivity contribution in [2.75, 3.05) is 11.9 Å². The molecule has 1 aromatic rings. The summed E-state index contributed by atoms with van der Waals surface area (Å²) in [7, 11) is 0. The maximum Gasteiger partial charge on any atom is 0.319 e. The van der Waals surface area contributed by atoms with Crippen molar-refractivity contribution in [1.29, 1.82) is 0 Å². The van der Waals surface area contributed by atoms with Gasteiger partial charge in [-0.25, -0.2) is 4.79 Å². The van der Waals surface area contributed by atoms with E-state index >= 15 is 0 Å². The second-order valence-corrected chi connectivity index (χ2v) is 4.50. The molecule has 1 atom stereocenters. The highest BCUT2D eigenvalue weighted by atomic mass is 79.9. The molecular formula is C11H16BrN3O. The molecule has 0 spiro atoms. The minimum atomic E-state index is -0.205. The van der Waals surface area contributed by atoms with Gasteiger partial charge in [-0.05, 0) is 44.2 Å². The van der Waals surface area contributed by atoms with Crippen molar-refractivity contribution >= 4 is 27.6 Å². The van der Waals surface area contributed by atoms with Crippen molar-refractivity contribution in [1.82, 2.24) is 5.32 Å². The maximum absolute atomic E-state index is 11.5. The summed E-state index contributed by atoms with van der Waals surface area (Å²) in [4.78, 5) is 11.5. The lowest BCUT2D eigenvalue weighted by molar-refractivity contribution is 0.249. The van der Waals surface area contributed by atoms with Gasteiger partial charge in [0.15, 0.2) is 0 Å². The highest BCUT2D eigenvalue weighted by molar-refractivity contribution is 9.10. The van der Waals surface area contributed by atoms with E-state index in [0.717, 1.165) is 16.6 Å². The Bertz CT molecular complexity index is 340. The summed E-state index contributed by atoms with van der Waals surface area (Å²) < 4.78 is 0.981. The number of nitrogens with one attached hydrogen (secondary N) is 2. The van der Waals surface area contributed by atoms with Gasteiger partial charge in [-0.3, -0.25) is 0 Å². The summed E-state index contributed by atoms with van der Waals surface area (Å²) in [5, 5.41) is 5.55. The van der Waals surface area contributed by atoms with Crippen molar-refractivity contribution in [3.63, 3.8) is 0 Å². The molecule has 16 heavy (non-hydrogen) atoms. The van der Waals surface area contributed by atoms with Crippen molar-refractivity contribution in [2.24, 2.45) is 5.73 Å². The number of halogens is 1. The molecule has 1 aromatic carbocycles. The van der Waals surface area contributed by atoms with Crippen LogP contribution in [0.3, 0.4) is 0 Å². The third kappa shape index (κ3) is 4.63. The summed E-state index contributed by atoms with van der Waals surface area (Å²) in [5.74, 6) is 0. The first kappa shape index (κ1) is 13.0. The third-order valence-electron chi connectivity index (χ3n) is 2.08. The molecule has 0 saturated heterocycles. The lowest BCUT2D eigenvalue weighted by atomic mass is 10.2. The van der Waals surface area contributed by atoms with Gasteiger partial charge in [0.1, 0.15) is 0 Å². The summed E-state index contributed by atoms with van der Waals surface area (Å²) in [6.45, 7) is 2.49. The van der Waals surface area contributed by atoms with Crippen LogP contribution in [0.15, 0.2) is 28.7 Å². The Balaban J connectivity index is 2.42. The van der Waals surface area contributed by atoms with E-state index in [1.165, 1.54) is 0 Å². The predicted octanol–water partition coefficient (Wildman–Crippen LogP) is 2.31. The van der Waals surface area contributed by atoms with E-state index in [4.69, 9.17) is 5.73 Å². The van der Waals surface area contributed by atoms with Gasteiger partial charge in [-0.2, -0.15) is 0 Å². The molecule has 0 saturated carbocycles. The van der Waals surface area contributed by atoms with Gasteiger partial charge in [0.05, 0.1) is 0 Å². The van der Waals surface area contributed by atoms with E-state index in [1.807, 2.05) is 31.2 Å². The molecule has 88 valence electrons. The Labute approximate surface area is 104 Å². The van der Waals surface area contributed by atoms with Crippen LogP contribution in [0.25, 0.3) is 0 Å². The van der Waals surface area contributed by atoms with Crippen molar-refractivity contribution < 1.29 is 4.79 Å². The molecule has 5 heteroatoms. The topological polar surface area (TPSA) is 67.1 Å². The zero-order valence-electron chi connectivity index (χ0n) is 9.16. The van der Waals surface area contributed by atoms with Crippen LogP contribution in [0.5, 0.6) is 0 Å². The van der Waals surface area contributed by atoms with Gasteiger partial charge in [-0.1, -0.05) is 15.9 Å². The molecule has 0 aliphatic heterocycles. The molecule has 0 aliphatic carbocycles. The van der Waals surface area contributed by atoms with E-state index in [2.05, 4.69) is 26.6 Å². The maximum atomic E-state index is 11.5. The van der Waals surface area contributed by atoms with Crippen LogP contribution < -0.4 is 16.4 Å². The van der Waals surface area contributed by atoms with Gasteiger partial charge >= 0.3 is 6.03 Å². The second-order valence-electron chi connectivity index (χ2n) is 3.58. The van der Waals surface area contributed by atoms with Gasteiger partial charge in [0, 0.05) is 16.2 Å². The first-order valence-corrected chi connectivity index (χ1v) is 5.94. The Hall–Kier alpha value is -1.07. The van der Waals surface area contributed by atoms with Crippen molar-refractivity contribution in [2.45, 2.75) is 19.4 Å². The summed E-state index contributed by atoms with van der Waals surface area (Å²) in [6.07, 6.45) is 0.772. The normalized spacial score (nSPS) is 11.9. The summed E-state index contributed by atoms with van der Waals surface area (Å²) >= 11 is 3.33. The fourth-order valence-electron chi connectivity index (χ4n) is 1.25. The van der Waals surface area contributed by atoms with Crippen LogP contribution in [0.2, 0.25) is 0 Å². The average Bonchev–Trinajstić information content (AvgIpc) is 2.21. The van der Waals surface area contributed by atoms with Crippen LogP contribution >= 0.6 is 15.9 Å². The molecule has 4 nitrogen and oxygen atoms in total. The van der Waals surface area contributed by atoms with Crippen molar-refractivity contribution in [3.05, 3.63) is 28.7 Å². The number of hydrogen-bond acceptors (Lipinski definition) is 2. The molecule has 0 aliphatic rings. The Morgan fingerprint density at radius 3 is 2.62 bits per heavy atom. The SMILES string of the molecule is CC(CCN)NC(=O)Nc1ccc(Br)cc1. The van der Waals surface area contributed by atoms with Gasteiger partial charge in [-0.15, -0.1) is 0 Å². The monoisotopic (exact) mass is 285 g/mol. The molecule has 0 heterocycles. The first-order chi connectivity index (χ1) is 7.61. The second kappa shape index (κ2) is 6.50. The van der Waals surface area contributed by atoms with E-state index in [0.29, 0.717) is 6.54 Å². The zero-order chi connectivity index (χ0) is 12.0. The highest BCUT2D eigenvalue weighted by Crippen LogP contribution is 2.13. The van der Waals surface area contributed by atoms with Gasteiger partial charge in [0.2, 0.25) is 0 Å². The van der Waals surface area contributed by atoms with E-state index in [1.54, 1.807) is 0 Å². The molecule has 0 radical (unpaired) electrons. The molecule has 0 fully saturated rings. The number of amides is 2. The number of anilines is 1. The van der Waals surface area contributed by atoms with Crippen LogP contribution in [-0.2, 0) is 0 Å². The van der Waals surface area contributed by atoms with Crippen LogP contribution in [-0.4, -0.2) is 18.6 Å². The van der Waals surface area contributed by atoms with Crippen molar-refractivity contribution in [3.8, 4) is 0 Å². The van der Waals surface area contributed by atoms with E-state index in [-0.39, 0.29) is 12.1 Å². The van der Waals surface area contributed by atoms with Crippen LogP contribution in [0, 0.1) is 0 Å². The molecular weight excluding hydrogens is 270 g/mol. The standard InChI is InChI=1S/C11H16BrN3O/c1-8(6-7-13)14-11(16)15-10-4-2-9(12)3-5-10/h2-5,8H,6-7,13H2,1H3,(H2,14,15,16). The molecule has 1 unspecified atom stereocenters. The average molecular weight is 286 g/mol.